The Morgan fingerprint density at radius 2 is 2.07 bits per heavy atom. The van der Waals surface area contributed by atoms with E-state index in [9.17, 15) is 4.79 Å². The molecule has 15 heavy (non-hydrogen) atoms. The average molecular weight is 205 g/mol. The molecule has 1 fully saturated rings. The third kappa shape index (κ3) is 2.57. The van der Waals surface area contributed by atoms with E-state index in [-0.39, 0.29) is 12.0 Å². The summed E-state index contributed by atoms with van der Waals surface area (Å²) in [5.74, 6) is -0.143. The molecule has 1 unspecified atom stereocenters. The molecular weight excluding hydrogens is 190 g/mol. The Morgan fingerprint density at radius 1 is 1.40 bits per heavy atom. The average Bonchev–Trinajstić information content (AvgIpc) is 3.10. The highest BCUT2D eigenvalue weighted by atomic mass is 16.5. The number of esters is 1. The number of carbonyl (C=O) groups is 1. The molecule has 2 rings (SSSR count). The molecule has 1 aliphatic rings. The van der Waals surface area contributed by atoms with Crippen molar-refractivity contribution in [2.45, 2.75) is 12.5 Å². The van der Waals surface area contributed by atoms with E-state index in [1.54, 1.807) is 0 Å². The van der Waals surface area contributed by atoms with Gasteiger partial charge in [-0.2, -0.15) is 0 Å². The lowest BCUT2D eigenvalue weighted by molar-refractivity contribution is -0.141. The van der Waals surface area contributed by atoms with Gasteiger partial charge in [-0.05, 0) is 5.56 Å². The fraction of sp³-hybridized carbons (Fsp3) is 0.417. The van der Waals surface area contributed by atoms with Crippen LogP contribution in [0.3, 0.4) is 0 Å². The zero-order chi connectivity index (χ0) is 10.7. The first-order valence-corrected chi connectivity index (χ1v) is 5.17. The van der Waals surface area contributed by atoms with Crippen LogP contribution >= 0.6 is 0 Å². The molecule has 1 atom stereocenters. The molecule has 3 nitrogen and oxygen atoms in total. The second-order valence-corrected chi connectivity index (χ2v) is 3.74. The van der Waals surface area contributed by atoms with Gasteiger partial charge in [0.25, 0.3) is 0 Å². The summed E-state index contributed by atoms with van der Waals surface area (Å²) in [5, 5.41) is 0. The van der Waals surface area contributed by atoms with Crippen LogP contribution < -0.4 is 0 Å². The standard InChI is InChI=1S/C12H15NO2/c1-15-12(14)9-11(13-7-8-13)10-5-3-2-4-6-10/h2-6,11H,7-9H2,1H3. The number of hydrogen-bond acceptors (Lipinski definition) is 3. The van der Waals surface area contributed by atoms with E-state index >= 15 is 0 Å². The fourth-order valence-corrected chi connectivity index (χ4v) is 1.74. The minimum absolute atomic E-state index is 0.143. The van der Waals surface area contributed by atoms with E-state index in [4.69, 9.17) is 4.74 Å². The Hall–Kier alpha value is -1.35. The van der Waals surface area contributed by atoms with Gasteiger partial charge in [0.05, 0.1) is 13.5 Å². The molecule has 1 aromatic rings. The van der Waals surface area contributed by atoms with Crippen molar-refractivity contribution in [3.05, 3.63) is 35.9 Å². The molecule has 1 saturated heterocycles. The Labute approximate surface area is 89.7 Å². The number of ether oxygens (including phenoxy) is 1. The van der Waals surface area contributed by atoms with Crippen molar-refractivity contribution in [1.82, 2.24) is 4.90 Å². The van der Waals surface area contributed by atoms with Gasteiger partial charge in [-0.3, -0.25) is 9.69 Å². The summed E-state index contributed by atoms with van der Waals surface area (Å²) in [6.45, 7) is 2.16. The van der Waals surface area contributed by atoms with Crippen LogP contribution in [0.2, 0.25) is 0 Å². The van der Waals surface area contributed by atoms with Crippen LogP contribution in [0.15, 0.2) is 30.3 Å². The van der Waals surface area contributed by atoms with Crippen LogP contribution in [0.25, 0.3) is 0 Å². The zero-order valence-electron chi connectivity index (χ0n) is 8.85. The van der Waals surface area contributed by atoms with Gasteiger partial charge >= 0.3 is 5.97 Å². The van der Waals surface area contributed by atoms with E-state index < -0.39 is 0 Å². The molecule has 1 aromatic carbocycles. The van der Waals surface area contributed by atoms with Crippen LogP contribution in [-0.2, 0) is 9.53 Å². The van der Waals surface area contributed by atoms with Gasteiger partial charge in [0.15, 0.2) is 0 Å². The van der Waals surface area contributed by atoms with Gasteiger partial charge in [-0.15, -0.1) is 0 Å². The minimum atomic E-state index is -0.143. The van der Waals surface area contributed by atoms with Crippen molar-refractivity contribution < 1.29 is 9.53 Å². The first-order valence-electron chi connectivity index (χ1n) is 5.17. The summed E-state index contributed by atoms with van der Waals surface area (Å²) in [6, 6.07) is 10.3. The SMILES string of the molecule is COC(=O)CC(c1ccccc1)N1CC1. The summed E-state index contributed by atoms with van der Waals surface area (Å²) in [7, 11) is 1.44. The molecule has 1 heterocycles. The third-order valence-corrected chi connectivity index (χ3v) is 2.69. The molecule has 0 spiro atoms. The van der Waals surface area contributed by atoms with Crippen LogP contribution in [0, 0.1) is 0 Å². The van der Waals surface area contributed by atoms with Gasteiger partial charge in [0, 0.05) is 19.1 Å². The summed E-state index contributed by atoms with van der Waals surface area (Å²) >= 11 is 0. The zero-order valence-corrected chi connectivity index (χ0v) is 8.85. The van der Waals surface area contributed by atoms with Gasteiger partial charge in [0.2, 0.25) is 0 Å². The smallest absolute Gasteiger partial charge is 0.307 e. The maximum atomic E-state index is 11.3. The monoisotopic (exact) mass is 205 g/mol. The highest BCUT2D eigenvalue weighted by molar-refractivity contribution is 5.70. The number of rotatable bonds is 4. The first-order chi connectivity index (χ1) is 7.31. The molecule has 0 aromatic heterocycles. The maximum Gasteiger partial charge on any atom is 0.307 e. The fourth-order valence-electron chi connectivity index (χ4n) is 1.74. The number of carbonyl (C=O) groups excluding carboxylic acids is 1. The van der Waals surface area contributed by atoms with Gasteiger partial charge in [0.1, 0.15) is 0 Å². The number of benzene rings is 1. The Morgan fingerprint density at radius 3 is 2.60 bits per heavy atom. The van der Waals surface area contributed by atoms with Crippen molar-refractivity contribution in [2.75, 3.05) is 20.2 Å². The van der Waals surface area contributed by atoms with Crippen LogP contribution in [0.1, 0.15) is 18.0 Å². The summed E-state index contributed by atoms with van der Waals surface area (Å²) in [6.07, 6.45) is 0.445. The maximum absolute atomic E-state index is 11.3. The van der Waals surface area contributed by atoms with Crippen LogP contribution in [-0.4, -0.2) is 31.1 Å². The Balaban J connectivity index is 2.10. The molecule has 0 amide bonds. The van der Waals surface area contributed by atoms with Gasteiger partial charge in [-0.25, -0.2) is 0 Å². The third-order valence-electron chi connectivity index (χ3n) is 2.69. The number of nitrogens with zero attached hydrogens (tertiary/aromatic N) is 1. The molecular formula is C12H15NO2. The normalized spacial score (nSPS) is 17.1. The first kappa shape index (κ1) is 10.2. The van der Waals surface area contributed by atoms with Crippen molar-refractivity contribution in [1.29, 1.82) is 0 Å². The van der Waals surface area contributed by atoms with Gasteiger partial charge < -0.3 is 4.74 Å². The van der Waals surface area contributed by atoms with E-state index in [0.717, 1.165) is 13.1 Å². The minimum Gasteiger partial charge on any atom is -0.469 e. The van der Waals surface area contributed by atoms with Crippen molar-refractivity contribution >= 4 is 5.97 Å². The van der Waals surface area contributed by atoms with E-state index in [0.29, 0.717) is 6.42 Å². The van der Waals surface area contributed by atoms with Crippen LogP contribution in [0.5, 0.6) is 0 Å². The number of methoxy groups -OCH3 is 1. The molecule has 0 saturated carbocycles. The largest absolute Gasteiger partial charge is 0.469 e. The summed E-state index contributed by atoms with van der Waals surface area (Å²) in [5.41, 5.74) is 1.19. The predicted octanol–water partition coefficient (Wildman–Crippen LogP) is 1.61. The second kappa shape index (κ2) is 4.45. The molecule has 3 heteroatoms. The van der Waals surface area contributed by atoms with E-state index in [2.05, 4.69) is 17.0 Å². The van der Waals surface area contributed by atoms with E-state index in [1.807, 2.05) is 18.2 Å². The van der Waals surface area contributed by atoms with Crippen molar-refractivity contribution in [3.8, 4) is 0 Å². The van der Waals surface area contributed by atoms with E-state index in [1.165, 1.54) is 12.7 Å². The molecule has 0 N–H and O–H groups in total. The summed E-state index contributed by atoms with van der Waals surface area (Å²) < 4.78 is 4.71. The molecule has 0 radical (unpaired) electrons. The lowest BCUT2D eigenvalue weighted by Crippen LogP contribution is -2.15. The predicted molar refractivity (Wildman–Crippen MR) is 57.4 cm³/mol. The Bertz CT molecular complexity index is 333. The van der Waals surface area contributed by atoms with Crippen molar-refractivity contribution in [3.63, 3.8) is 0 Å². The summed E-state index contributed by atoms with van der Waals surface area (Å²) in [4.78, 5) is 13.5. The van der Waals surface area contributed by atoms with Crippen molar-refractivity contribution in [2.24, 2.45) is 0 Å². The highest BCUT2D eigenvalue weighted by Gasteiger charge is 2.30. The molecule has 0 bridgehead atoms. The van der Waals surface area contributed by atoms with Crippen LogP contribution in [0.4, 0.5) is 0 Å². The number of hydrogen-bond donors (Lipinski definition) is 0. The lowest BCUT2D eigenvalue weighted by atomic mass is 10.0. The quantitative estimate of drug-likeness (QED) is 0.552. The molecule has 0 aliphatic carbocycles. The van der Waals surface area contributed by atoms with Gasteiger partial charge in [-0.1, -0.05) is 30.3 Å². The topological polar surface area (TPSA) is 29.3 Å². The molecule has 1 aliphatic heterocycles. The molecule has 80 valence electrons. The second-order valence-electron chi connectivity index (χ2n) is 3.74. The Kier molecular flexibility index (Phi) is 3.02. The highest BCUT2D eigenvalue weighted by Crippen LogP contribution is 2.29. The lowest BCUT2D eigenvalue weighted by Gasteiger charge is -2.17.